The van der Waals surface area contributed by atoms with Gasteiger partial charge in [0.05, 0.1) is 42.2 Å². The van der Waals surface area contributed by atoms with Crippen LogP contribution in [-0.4, -0.2) is 80.3 Å². The molecule has 4 rings (SSSR count). The maximum absolute atomic E-state index is 13.4. The number of amides is 3. The Morgan fingerprint density at radius 3 is 2.23 bits per heavy atom. The van der Waals surface area contributed by atoms with Gasteiger partial charge in [0, 0.05) is 19.3 Å². The first-order valence-corrected chi connectivity index (χ1v) is 14.4. The fraction of sp³-hybridized carbons (Fsp3) is 0.409. The second kappa shape index (κ2) is 10.0. The molecule has 3 heterocycles. The Balaban J connectivity index is 1.60. The molecule has 2 fully saturated rings. The Bertz CT molecular complexity index is 1490. The van der Waals surface area contributed by atoms with Crippen LogP contribution in [0.5, 0.6) is 0 Å². The van der Waals surface area contributed by atoms with Gasteiger partial charge in [-0.2, -0.15) is 25.9 Å². The minimum atomic E-state index is -5.62. The molecule has 0 aliphatic carbocycles. The smallest absolute Gasteiger partial charge is 0.379 e. The average Bonchev–Trinajstić information content (AvgIpc) is 3.04. The molecule has 17 heteroatoms. The maximum Gasteiger partial charge on any atom is 0.501 e. The number of nitrogens with one attached hydrogen (secondary N) is 1. The molecule has 0 radical (unpaired) electrons. The zero-order chi connectivity index (χ0) is 28.8. The molecule has 1 aromatic carbocycles. The average molecular weight is 592 g/mol. The van der Waals surface area contributed by atoms with E-state index < -0.39 is 47.9 Å². The highest BCUT2D eigenvalue weighted by atomic mass is 32.2. The van der Waals surface area contributed by atoms with Crippen molar-refractivity contribution >= 4 is 43.4 Å². The molecule has 0 saturated carbocycles. The molecule has 39 heavy (non-hydrogen) atoms. The van der Waals surface area contributed by atoms with Crippen LogP contribution in [0.3, 0.4) is 0 Å². The van der Waals surface area contributed by atoms with Gasteiger partial charge >= 0.3 is 21.7 Å². The molecule has 1 aromatic heterocycles. The highest BCUT2D eigenvalue weighted by molar-refractivity contribution is 7.92. The Hall–Kier alpha value is -3.28. The molecule has 0 unspecified atom stereocenters. The number of benzene rings is 1. The van der Waals surface area contributed by atoms with Crippen molar-refractivity contribution in [3.63, 3.8) is 0 Å². The first-order valence-electron chi connectivity index (χ1n) is 11.4. The number of alkyl halides is 3. The van der Waals surface area contributed by atoms with Gasteiger partial charge in [-0.3, -0.25) is 14.5 Å². The number of ether oxygens (including phenoxy) is 1. The van der Waals surface area contributed by atoms with Crippen LogP contribution >= 0.6 is 0 Å². The van der Waals surface area contributed by atoms with Gasteiger partial charge in [-0.25, -0.2) is 18.1 Å². The van der Waals surface area contributed by atoms with Gasteiger partial charge < -0.3 is 9.64 Å². The molecule has 2 aromatic rings. The number of nitrogens with zero attached hydrogens (tertiary/aromatic N) is 4. The normalized spacial score (nSPS) is 19.0. The molecule has 0 bridgehead atoms. The maximum atomic E-state index is 13.4. The van der Waals surface area contributed by atoms with Crippen LogP contribution in [0, 0.1) is 0 Å². The summed E-state index contributed by atoms with van der Waals surface area (Å²) < 4.78 is 96.5. The number of urea groups is 1. The molecular weight excluding hydrogens is 567 g/mol. The molecule has 2 aliphatic rings. The van der Waals surface area contributed by atoms with Crippen molar-refractivity contribution in [3.05, 3.63) is 48.3 Å². The minimum Gasteiger partial charge on any atom is -0.379 e. The van der Waals surface area contributed by atoms with Crippen molar-refractivity contribution in [1.29, 1.82) is 0 Å². The number of carbonyl (C=O) groups is 2. The molecular formula is C22H24F3N5O7S2. The van der Waals surface area contributed by atoms with Crippen LogP contribution in [-0.2, 0) is 36.1 Å². The number of carbonyl (C=O) groups excluding carboxylic acids is 2. The quantitative estimate of drug-likeness (QED) is 0.482. The Labute approximate surface area is 222 Å². The Morgan fingerprint density at radius 2 is 1.64 bits per heavy atom. The van der Waals surface area contributed by atoms with Gasteiger partial charge in [0.2, 0.25) is 0 Å². The molecule has 3 amide bonds. The number of anilines is 2. The number of imide groups is 1. The molecule has 0 spiro atoms. The fourth-order valence-electron chi connectivity index (χ4n) is 4.05. The highest BCUT2D eigenvalue weighted by Crippen LogP contribution is 2.36. The number of sulfone groups is 1. The van der Waals surface area contributed by atoms with E-state index in [2.05, 4.69) is 9.71 Å². The number of aromatic nitrogens is 1. The zero-order valence-corrected chi connectivity index (χ0v) is 22.3. The molecule has 2 aliphatic heterocycles. The molecule has 12 nitrogen and oxygen atoms in total. The lowest BCUT2D eigenvalue weighted by Crippen LogP contribution is -2.44. The summed E-state index contributed by atoms with van der Waals surface area (Å²) in [6, 6.07) is 3.83. The van der Waals surface area contributed by atoms with E-state index in [1.807, 2.05) is 0 Å². The van der Waals surface area contributed by atoms with Crippen LogP contribution in [0.4, 0.5) is 29.3 Å². The number of halogens is 3. The van der Waals surface area contributed by atoms with Crippen molar-refractivity contribution in [3.8, 4) is 0 Å². The number of hydrogen-bond donors (Lipinski definition) is 1. The third-order valence-electron chi connectivity index (χ3n) is 6.32. The Kier molecular flexibility index (Phi) is 7.39. The number of hydrogen-bond acceptors (Lipinski definition) is 8. The number of pyridine rings is 1. The van der Waals surface area contributed by atoms with Gasteiger partial charge in [0.15, 0.2) is 0 Å². The predicted molar refractivity (Wildman–Crippen MR) is 131 cm³/mol. The van der Waals surface area contributed by atoms with Crippen LogP contribution < -0.4 is 9.62 Å². The third kappa shape index (κ3) is 5.30. The minimum absolute atomic E-state index is 0.0835. The van der Waals surface area contributed by atoms with Gasteiger partial charge in [-0.05, 0) is 49.7 Å². The van der Waals surface area contributed by atoms with E-state index in [1.165, 1.54) is 36.6 Å². The van der Waals surface area contributed by atoms with E-state index in [0.717, 1.165) is 21.9 Å². The summed E-state index contributed by atoms with van der Waals surface area (Å²) in [5.74, 6) is -0.719. The lowest BCUT2D eigenvalue weighted by Gasteiger charge is -2.29. The van der Waals surface area contributed by atoms with E-state index in [4.69, 9.17) is 4.74 Å². The summed E-state index contributed by atoms with van der Waals surface area (Å²) in [5.41, 5.74) is -6.69. The van der Waals surface area contributed by atoms with Crippen molar-refractivity contribution in [2.45, 2.75) is 36.3 Å². The van der Waals surface area contributed by atoms with Crippen LogP contribution in [0.2, 0.25) is 0 Å². The van der Waals surface area contributed by atoms with E-state index in [9.17, 15) is 39.6 Å². The molecule has 1 N–H and O–H groups in total. The second-order valence-electron chi connectivity index (χ2n) is 9.16. The molecule has 2 saturated heterocycles. The lowest BCUT2D eigenvalue weighted by atomic mass is 10.0. The highest BCUT2D eigenvalue weighted by Gasteiger charge is 2.52. The van der Waals surface area contributed by atoms with E-state index in [-0.39, 0.29) is 44.2 Å². The lowest BCUT2D eigenvalue weighted by molar-refractivity contribution is -0.123. The SMILES string of the molecule is CC1(C)C(=O)N(c2ccc(S(=O)(=O)C(F)(F)F)cc2)C(=O)N1Cc1ccncc1NS(=O)(=O)N1CCOCC1. The van der Waals surface area contributed by atoms with Crippen molar-refractivity contribution < 1.29 is 44.3 Å². The van der Waals surface area contributed by atoms with Gasteiger partial charge in [0.25, 0.3) is 15.7 Å². The fourth-order valence-corrected chi connectivity index (χ4v) is 6.03. The van der Waals surface area contributed by atoms with Gasteiger partial charge in [0.1, 0.15) is 5.54 Å². The summed E-state index contributed by atoms with van der Waals surface area (Å²) in [5, 5.41) is 0. The van der Waals surface area contributed by atoms with E-state index in [1.54, 1.807) is 0 Å². The largest absolute Gasteiger partial charge is 0.501 e. The summed E-state index contributed by atoms with van der Waals surface area (Å²) in [6.45, 7) is 3.45. The van der Waals surface area contributed by atoms with Gasteiger partial charge in [-0.1, -0.05) is 0 Å². The predicted octanol–water partition coefficient (Wildman–Crippen LogP) is 2.11. The summed E-state index contributed by atoms with van der Waals surface area (Å²) in [4.78, 5) is 31.4. The first kappa shape index (κ1) is 28.7. The zero-order valence-electron chi connectivity index (χ0n) is 20.7. The summed E-state index contributed by atoms with van der Waals surface area (Å²) >= 11 is 0. The van der Waals surface area contributed by atoms with Crippen LogP contribution in [0.25, 0.3) is 0 Å². The topological polar surface area (TPSA) is 146 Å². The molecule has 0 atom stereocenters. The third-order valence-corrected chi connectivity index (χ3v) is 9.35. The van der Waals surface area contributed by atoms with E-state index >= 15 is 0 Å². The molecule has 212 valence electrons. The van der Waals surface area contributed by atoms with Crippen LogP contribution in [0.1, 0.15) is 19.4 Å². The van der Waals surface area contributed by atoms with Crippen molar-refractivity contribution in [1.82, 2.24) is 14.2 Å². The monoisotopic (exact) mass is 591 g/mol. The Morgan fingerprint density at radius 1 is 1.03 bits per heavy atom. The first-order chi connectivity index (χ1) is 18.1. The van der Waals surface area contributed by atoms with Gasteiger partial charge in [-0.15, -0.1) is 0 Å². The summed E-state index contributed by atoms with van der Waals surface area (Å²) in [7, 11) is -9.59. The second-order valence-corrected chi connectivity index (χ2v) is 12.8. The number of rotatable bonds is 7. The van der Waals surface area contributed by atoms with Crippen molar-refractivity contribution in [2.75, 3.05) is 35.9 Å². The standard InChI is InChI=1S/C22H24F3N5O7S2/c1-21(2)19(31)30(16-3-5-17(6-4-16)38(33,34)22(23,24)25)20(32)29(21)14-15-7-8-26-13-18(15)27-39(35,36)28-9-11-37-12-10-28/h3-8,13,27H,9-12,14H2,1-2H3. The number of morpholine rings is 1. The summed E-state index contributed by atoms with van der Waals surface area (Å²) in [6.07, 6.45) is 2.65. The van der Waals surface area contributed by atoms with E-state index in [0.29, 0.717) is 17.7 Å². The van der Waals surface area contributed by atoms with Crippen molar-refractivity contribution in [2.24, 2.45) is 0 Å². The van der Waals surface area contributed by atoms with Crippen LogP contribution in [0.15, 0.2) is 47.6 Å².